The summed E-state index contributed by atoms with van der Waals surface area (Å²) in [6, 6.07) is 17.8. The molecular formula is C18H20O2. The molecule has 0 aromatic heterocycles. The highest BCUT2D eigenvalue weighted by atomic mass is 16.5. The lowest BCUT2D eigenvalue weighted by atomic mass is 10.1. The van der Waals surface area contributed by atoms with Crippen molar-refractivity contribution in [2.75, 3.05) is 6.61 Å². The van der Waals surface area contributed by atoms with E-state index in [2.05, 4.69) is 19.1 Å². The minimum atomic E-state index is -0.235. The van der Waals surface area contributed by atoms with Gasteiger partial charge in [0, 0.05) is 0 Å². The Morgan fingerprint density at radius 1 is 0.950 bits per heavy atom. The van der Waals surface area contributed by atoms with Crippen LogP contribution in [0.2, 0.25) is 0 Å². The van der Waals surface area contributed by atoms with Gasteiger partial charge < -0.3 is 4.74 Å². The predicted molar refractivity (Wildman–Crippen MR) is 80.9 cm³/mol. The maximum absolute atomic E-state index is 11.8. The van der Waals surface area contributed by atoms with Crippen LogP contribution in [-0.4, -0.2) is 12.6 Å². The molecule has 2 aromatic carbocycles. The molecule has 104 valence electrons. The number of rotatable bonds is 6. The van der Waals surface area contributed by atoms with Crippen molar-refractivity contribution < 1.29 is 9.53 Å². The Hall–Kier alpha value is -2.09. The first-order chi connectivity index (χ1) is 9.79. The van der Waals surface area contributed by atoms with Gasteiger partial charge in [-0.3, -0.25) is 0 Å². The van der Waals surface area contributed by atoms with Crippen LogP contribution in [0.25, 0.3) is 0 Å². The van der Waals surface area contributed by atoms with Crippen LogP contribution < -0.4 is 0 Å². The van der Waals surface area contributed by atoms with Gasteiger partial charge in [-0.1, -0.05) is 49.4 Å². The predicted octanol–water partition coefficient (Wildman–Crippen LogP) is 4.04. The van der Waals surface area contributed by atoms with Crippen molar-refractivity contribution in [3.8, 4) is 0 Å². The minimum absolute atomic E-state index is 0.235. The van der Waals surface area contributed by atoms with E-state index in [1.54, 1.807) is 0 Å². The van der Waals surface area contributed by atoms with E-state index in [1.165, 1.54) is 11.1 Å². The van der Waals surface area contributed by atoms with Gasteiger partial charge in [-0.25, -0.2) is 4.79 Å². The molecule has 0 aliphatic rings. The molecule has 0 saturated heterocycles. The molecule has 0 bridgehead atoms. The van der Waals surface area contributed by atoms with Crippen molar-refractivity contribution in [3.05, 3.63) is 71.3 Å². The maximum atomic E-state index is 11.8. The summed E-state index contributed by atoms with van der Waals surface area (Å²) in [4.78, 5) is 11.8. The van der Waals surface area contributed by atoms with Gasteiger partial charge in [0.2, 0.25) is 0 Å². The first-order valence-corrected chi connectivity index (χ1v) is 7.09. The van der Waals surface area contributed by atoms with Crippen molar-refractivity contribution in [2.24, 2.45) is 0 Å². The molecule has 0 radical (unpaired) electrons. The minimum Gasteiger partial charge on any atom is -0.462 e. The molecule has 0 spiro atoms. The third kappa shape index (κ3) is 4.23. The second kappa shape index (κ2) is 7.49. The molecule has 2 nitrogen and oxygen atoms in total. The van der Waals surface area contributed by atoms with Gasteiger partial charge in [0.15, 0.2) is 0 Å². The lowest BCUT2D eigenvalue weighted by molar-refractivity contribution is 0.0500. The summed E-state index contributed by atoms with van der Waals surface area (Å²) in [5, 5.41) is 0. The van der Waals surface area contributed by atoms with Gasteiger partial charge in [0.25, 0.3) is 0 Å². The van der Waals surface area contributed by atoms with Crippen molar-refractivity contribution in [3.63, 3.8) is 0 Å². The number of aryl methyl sites for hydroxylation is 2. The normalized spacial score (nSPS) is 10.2. The molecule has 0 aliphatic heterocycles. The van der Waals surface area contributed by atoms with E-state index in [1.807, 2.05) is 42.5 Å². The first kappa shape index (κ1) is 14.3. The maximum Gasteiger partial charge on any atom is 0.338 e. The summed E-state index contributed by atoms with van der Waals surface area (Å²) < 4.78 is 5.28. The van der Waals surface area contributed by atoms with Gasteiger partial charge in [0.1, 0.15) is 0 Å². The van der Waals surface area contributed by atoms with Crippen LogP contribution >= 0.6 is 0 Å². The number of benzene rings is 2. The van der Waals surface area contributed by atoms with Gasteiger partial charge >= 0.3 is 5.97 Å². The number of carbonyl (C=O) groups is 1. The Balaban J connectivity index is 1.74. The van der Waals surface area contributed by atoms with Crippen LogP contribution in [0.4, 0.5) is 0 Å². The molecule has 2 heteroatoms. The topological polar surface area (TPSA) is 26.3 Å². The molecule has 0 atom stereocenters. The monoisotopic (exact) mass is 268 g/mol. The summed E-state index contributed by atoms with van der Waals surface area (Å²) in [5.41, 5.74) is 3.13. The number of ether oxygens (including phenoxy) is 1. The molecular weight excluding hydrogens is 248 g/mol. The molecule has 20 heavy (non-hydrogen) atoms. The SMILES string of the molecule is CCc1ccc(C(=O)OCCCc2ccccc2)cc1. The van der Waals surface area contributed by atoms with Crippen molar-refractivity contribution >= 4 is 5.97 Å². The van der Waals surface area contributed by atoms with E-state index in [0.717, 1.165) is 19.3 Å². The highest BCUT2D eigenvalue weighted by Crippen LogP contribution is 2.07. The fraction of sp³-hybridized carbons (Fsp3) is 0.278. The highest BCUT2D eigenvalue weighted by molar-refractivity contribution is 5.89. The number of carbonyl (C=O) groups excluding carboxylic acids is 1. The molecule has 2 aromatic rings. The van der Waals surface area contributed by atoms with Gasteiger partial charge in [-0.05, 0) is 42.5 Å². The Morgan fingerprint density at radius 3 is 2.30 bits per heavy atom. The number of hydrogen-bond donors (Lipinski definition) is 0. The number of esters is 1. The van der Waals surface area contributed by atoms with Crippen LogP contribution in [0.1, 0.15) is 34.8 Å². The molecule has 2 rings (SSSR count). The molecule has 0 unspecified atom stereocenters. The van der Waals surface area contributed by atoms with E-state index in [0.29, 0.717) is 12.2 Å². The lowest BCUT2D eigenvalue weighted by Crippen LogP contribution is -2.07. The van der Waals surface area contributed by atoms with Crippen LogP contribution in [0.15, 0.2) is 54.6 Å². The third-order valence-electron chi connectivity index (χ3n) is 3.28. The summed E-state index contributed by atoms with van der Waals surface area (Å²) in [6.07, 6.45) is 2.76. The average molecular weight is 268 g/mol. The van der Waals surface area contributed by atoms with E-state index < -0.39 is 0 Å². The van der Waals surface area contributed by atoms with Crippen LogP contribution in [-0.2, 0) is 17.6 Å². The summed E-state index contributed by atoms with van der Waals surface area (Å²) in [7, 11) is 0. The highest BCUT2D eigenvalue weighted by Gasteiger charge is 2.06. The zero-order chi connectivity index (χ0) is 14.2. The Bertz CT molecular complexity index is 529. The summed E-state index contributed by atoms with van der Waals surface area (Å²) in [5.74, 6) is -0.235. The Kier molecular flexibility index (Phi) is 5.36. The van der Waals surface area contributed by atoms with E-state index in [9.17, 15) is 4.79 Å². The molecule has 0 N–H and O–H groups in total. The van der Waals surface area contributed by atoms with Crippen molar-refractivity contribution in [2.45, 2.75) is 26.2 Å². The molecule has 0 amide bonds. The van der Waals surface area contributed by atoms with Gasteiger partial charge in [0.05, 0.1) is 12.2 Å². The molecule has 0 heterocycles. The van der Waals surface area contributed by atoms with E-state index >= 15 is 0 Å². The van der Waals surface area contributed by atoms with Crippen LogP contribution in [0.3, 0.4) is 0 Å². The average Bonchev–Trinajstić information content (AvgIpc) is 2.52. The second-order valence-corrected chi connectivity index (χ2v) is 4.78. The zero-order valence-corrected chi connectivity index (χ0v) is 11.8. The van der Waals surface area contributed by atoms with Crippen molar-refractivity contribution in [1.82, 2.24) is 0 Å². The van der Waals surface area contributed by atoms with Gasteiger partial charge in [-0.15, -0.1) is 0 Å². The van der Waals surface area contributed by atoms with Crippen molar-refractivity contribution in [1.29, 1.82) is 0 Å². The van der Waals surface area contributed by atoms with Crippen LogP contribution in [0, 0.1) is 0 Å². The fourth-order valence-corrected chi connectivity index (χ4v) is 2.05. The fourth-order valence-electron chi connectivity index (χ4n) is 2.05. The Labute approximate surface area is 120 Å². The van der Waals surface area contributed by atoms with Crippen LogP contribution in [0.5, 0.6) is 0 Å². The molecule has 0 fully saturated rings. The smallest absolute Gasteiger partial charge is 0.338 e. The zero-order valence-electron chi connectivity index (χ0n) is 11.8. The Morgan fingerprint density at radius 2 is 1.65 bits per heavy atom. The first-order valence-electron chi connectivity index (χ1n) is 7.09. The van der Waals surface area contributed by atoms with Gasteiger partial charge in [-0.2, -0.15) is 0 Å². The quantitative estimate of drug-likeness (QED) is 0.584. The largest absolute Gasteiger partial charge is 0.462 e. The summed E-state index contributed by atoms with van der Waals surface area (Å²) in [6.45, 7) is 2.56. The van der Waals surface area contributed by atoms with E-state index in [4.69, 9.17) is 4.74 Å². The molecule has 0 saturated carbocycles. The van der Waals surface area contributed by atoms with E-state index in [-0.39, 0.29) is 5.97 Å². The second-order valence-electron chi connectivity index (χ2n) is 4.78. The summed E-state index contributed by atoms with van der Waals surface area (Å²) >= 11 is 0. The lowest BCUT2D eigenvalue weighted by Gasteiger charge is -2.05. The molecule has 0 aliphatic carbocycles. The standard InChI is InChI=1S/C18H20O2/c1-2-15-10-12-17(13-11-15)18(19)20-14-6-9-16-7-4-3-5-8-16/h3-5,7-8,10-13H,2,6,9,14H2,1H3. The number of hydrogen-bond acceptors (Lipinski definition) is 2. The third-order valence-corrected chi connectivity index (χ3v) is 3.28.